The number of hydrogen-bond acceptors (Lipinski definition) is 10. The third-order valence-corrected chi connectivity index (χ3v) is 6.30. The molecule has 0 spiro atoms. The van der Waals surface area contributed by atoms with Crippen molar-refractivity contribution in [3.05, 3.63) is 77.5 Å². The number of hydrogen-bond donors (Lipinski definition) is 2. The number of anilines is 1. The minimum Gasteiger partial charge on any atom is -0.494 e. The summed E-state index contributed by atoms with van der Waals surface area (Å²) < 4.78 is 47.8. The van der Waals surface area contributed by atoms with Gasteiger partial charge in [0.25, 0.3) is 0 Å². The molecule has 0 aliphatic rings. The molecule has 1 aromatic carbocycles. The third-order valence-electron chi connectivity index (χ3n) is 4.79. The van der Waals surface area contributed by atoms with Gasteiger partial charge >= 0.3 is 16.2 Å². The van der Waals surface area contributed by atoms with Crippen molar-refractivity contribution in [3.8, 4) is 28.8 Å². The summed E-state index contributed by atoms with van der Waals surface area (Å²) in [6, 6.07) is 10.8. The molecule has 3 aromatic heterocycles. The number of rotatable bonds is 12. The van der Waals surface area contributed by atoms with E-state index in [2.05, 4.69) is 50.3 Å². The minimum absolute atomic E-state index is 0.0500. The smallest absolute Gasteiger partial charge is 0.316 e. The molecular weight excluding hydrogens is 566 g/mol. The molecule has 14 heteroatoms. The molecule has 3 heterocycles. The standard InChI is InChI=1S/C23H22BrN7O5S/c1-34-19-13-26-23(27-14-19)36-11-10-35-22-20(17-2-4-18(24)5-3-17)21(28-15-29-22)31-37(32,33)30-12-16-6-8-25-9-7-16/h2-9,13-15,30H,10-12H2,1H3,(H,28,29,31). The number of ether oxygens (including phenoxy) is 3. The molecule has 0 saturated carbocycles. The van der Waals surface area contributed by atoms with E-state index >= 15 is 0 Å². The van der Waals surface area contributed by atoms with Crippen LogP contribution in [0.5, 0.6) is 17.6 Å². The molecule has 0 radical (unpaired) electrons. The lowest BCUT2D eigenvalue weighted by molar-refractivity contribution is 0.201. The molecule has 0 saturated heterocycles. The second kappa shape index (κ2) is 12.4. The Morgan fingerprint density at radius 1 is 0.919 bits per heavy atom. The van der Waals surface area contributed by atoms with Crippen LogP contribution in [0.25, 0.3) is 11.1 Å². The zero-order valence-corrected chi connectivity index (χ0v) is 21.9. The molecule has 0 unspecified atom stereocenters. The quantitative estimate of drug-likeness (QED) is 0.237. The van der Waals surface area contributed by atoms with Gasteiger partial charge in [0.05, 0.1) is 25.1 Å². The van der Waals surface area contributed by atoms with Crippen molar-refractivity contribution >= 4 is 32.0 Å². The first-order valence-electron chi connectivity index (χ1n) is 10.8. The summed E-state index contributed by atoms with van der Waals surface area (Å²) in [5, 5.41) is 0. The van der Waals surface area contributed by atoms with E-state index in [4.69, 9.17) is 14.2 Å². The van der Waals surface area contributed by atoms with Gasteiger partial charge in [-0.05, 0) is 35.4 Å². The molecular formula is C23H22BrN7O5S. The zero-order valence-electron chi connectivity index (χ0n) is 19.5. The summed E-state index contributed by atoms with van der Waals surface area (Å²) in [4.78, 5) is 20.4. The molecule has 0 amide bonds. The lowest BCUT2D eigenvalue weighted by Gasteiger charge is -2.16. The van der Waals surface area contributed by atoms with Gasteiger partial charge in [0.1, 0.15) is 19.5 Å². The second-order valence-electron chi connectivity index (χ2n) is 7.29. The predicted molar refractivity (Wildman–Crippen MR) is 138 cm³/mol. The molecule has 4 aromatic rings. The van der Waals surface area contributed by atoms with Gasteiger partial charge in [0, 0.05) is 23.4 Å². The maximum absolute atomic E-state index is 12.8. The summed E-state index contributed by atoms with van der Waals surface area (Å²) in [5.41, 5.74) is 1.76. The molecule has 0 aliphatic heterocycles. The van der Waals surface area contributed by atoms with Crippen LogP contribution in [0.15, 0.2) is 72.0 Å². The molecule has 4 rings (SSSR count). The van der Waals surface area contributed by atoms with Crippen molar-refractivity contribution < 1.29 is 22.6 Å². The van der Waals surface area contributed by atoms with E-state index in [1.54, 1.807) is 36.7 Å². The Bertz CT molecular complexity index is 1410. The largest absolute Gasteiger partial charge is 0.494 e. The van der Waals surface area contributed by atoms with Crippen LogP contribution >= 0.6 is 15.9 Å². The number of nitrogens with zero attached hydrogens (tertiary/aromatic N) is 5. The maximum atomic E-state index is 12.8. The SMILES string of the molecule is COc1cnc(OCCOc2ncnc(NS(=O)(=O)NCc3ccncc3)c2-c2ccc(Br)cc2)nc1. The summed E-state index contributed by atoms with van der Waals surface area (Å²) in [6.45, 7) is 0.276. The molecule has 0 fully saturated rings. The van der Waals surface area contributed by atoms with Gasteiger partial charge in [0.15, 0.2) is 11.6 Å². The Balaban J connectivity index is 1.50. The van der Waals surface area contributed by atoms with Crippen molar-refractivity contribution in [2.75, 3.05) is 25.0 Å². The molecule has 192 valence electrons. The fourth-order valence-electron chi connectivity index (χ4n) is 3.03. The Morgan fingerprint density at radius 3 is 2.32 bits per heavy atom. The minimum atomic E-state index is -3.98. The summed E-state index contributed by atoms with van der Waals surface area (Å²) in [7, 11) is -2.47. The van der Waals surface area contributed by atoms with Crippen LogP contribution < -0.4 is 23.7 Å². The van der Waals surface area contributed by atoms with Gasteiger partial charge in [-0.3, -0.25) is 9.71 Å². The number of nitrogens with one attached hydrogen (secondary N) is 2. The average Bonchev–Trinajstić information content (AvgIpc) is 2.91. The summed E-state index contributed by atoms with van der Waals surface area (Å²) >= 11 is 3.40. The highest BCUT2D eigenvalue weighted by Crippen LogP contribution is 2.35. The van der Waals surface area contributed by atoms with Crippen LogP contribution in [0.2, 0.25) is 0 Å². The highest BCUT2D eigenvalue weighted by molar-refractivity contribution is 9.10. The van der Waals surface area contributed by atoms with Crippen molar-refractivity contribution in [2.24, 2.45) is 0 Å². The van der Waals surface area contributed by atoms with Crippen molar-refractivity contribution in [1.82, 2.24) is 29.6 Å². The van der Waals surface area contributed by atoms with Crippen LogP contribution in [0, 0.1) is 0 Å². The van der Waals surface area contributed by atoms with E-state index < -0.39 is 10.2 Å². The maximum Gasteiger partial charge on any atom is 0.316 e. The van der Waals surface area contributed by atoms with Crippen molar-refractivity contribution in [2.45, 2.75) is 6.54 Å². The fourth-order valence-corrected chi connectivity index (χ4v) is 4.13. The van der Waals surface area contributed by atoms with E-state index in [0.717, 1.165) is 10.0 Å². The first-order valence-corrected chi connectivity index (χ1v) is 13.1. The molecule has 0 bridgehead atoms. The molecule has 12 nitrogen and oxygen atoms in total. The number of pyridine rings is 1. The highest BCUT2D eigenvalue weighted by Gasteiger charge is 2.20. The average molecular weight is 588 g/mol. The van der Waals surface area contributed by atoms with E-state index in [1.807, 2.05) is 12.1 Å². The lowest BCUT2D eigenvalue weighted by Crippen LogP contribution is -2.30. The number of aromatic nitrogens is 5. The Morgan fingerprint density at radius 2 is 1.62 bits per heavy atom. The monoisotopic (exact) mass is 587 g/mol. The van der Waals surface area contributed by atoms with E-state index in [1.165, 1.54) is 25.8 Å². The molecule has 0 aliphatic carbocycles. The Hall–Kier alpha value is -3.88. The van der Waals surface area contributed by atoms with E-state index in [0.29, 0.717) is 16.9 Å². The second-order valence-corrected chi connectivity index (χ2v) is 9.71. The highest BCUT2D eigenvalue weighted by atomic mass is 79.9. The van der Waals surface area contributed by atoms with Gasteiger partial charge < -0.3 is 14.2 Å². The molecule has 0 atom stereocenters. The van der Waals surface area contributed by atoms with Crippen LogP contribution in [0.4, 0.5) is 5.82 Å². The molecule has 37 heavy (non-hydrogen) atoms. The van der Waals surface area contributed by atoms with Crippen molar-refractivity contribution in [3.63, 3.8) is 0 Å². The van der Waals surface area contributed by atoms with Gasteiger partial charge in [-0.15, -0.1) is 0 Å². The third kappa shape index (κ3) is 7.55. The fraction of sp³-hybridized carbons (Fsp3) is 0.174. The van der Waals surface area contributed by atoms with Gasteiger partial charge in [-0.2, -0.15) is 23.1 Å². The number of halogens is 1. The van der Waals surface area contributed by atoms with E-state index in [-0.39, 0.29) is 37.5 Å². The topological polar surface area (TPSA) is 150 Å². The van der Waals surface area contributed by atoms with Crippen molar-refractivity contribution in [1.29, 1.82) is 0 Å². The number of methoxy groups -OCH3 is 1. The summed E-state index contributed by atoms with van der Waals surface area (Å²) in [5.74, 6) is 0.728. The van der Waals surface area contributed by atoms with E-state index in [9.17, 15) is 8.42 Å². The Kier molecular flexibility index (Phi) is 8.77. The predicted octanol–water partition coefficient (Wildman–Crippen LogP) is 3.00. The van der Waals surface area contributed by atoms with Gasteiger partial charge in [0.2, 0.25) is 5.88 Å². The van der Waals surface area contributed by atoms with Gasteiger partial charge in [-0.25, -0.2) is 9.97 Å². The first kappa shape index (κ1) is 26.2. The van der Waals surface area contributed by atoms with Crippen LogP contribution in [0.3, 0.4) is 0 Å². The van der Waals surface area contributed by atoms with Crippen LogP contribution in [0.1, 0.15) is 5.56 Å². The molecule has 2 N–H and O–H groups in total. The lowest BCUT2D eigenvalue weighted by atomic mass is 10.1. The van der Waals surface area contributed by atoms with Crippen LogP contribution in [-0.2, 0) is 16.8 Å². The summed E-state index contributed by atoms with van der Waals surface area (Å²) in [6.07, 6.45) is 7.36. The van der Waals surface area contributed by atoms with Gasteiger partial charge in [-0.1, -0.05) is 28.1 Å². The first-order chi connectivity index (χ1) is 17.9. The van der Waals surface area contributed by atoms with Crippen LogP contribution in [-0.4, -0.2) is 53.7 Å². The Labute approximate surface area is 221 Å². The normalized spacial score (nSPS) is 11.1. The zero-order chi connectivity index (χ0) is 26.1. The number of benzene rings is 1.